The monoisotopic (exact) mass is 376 g/mol. The molecule has 0 bridgehead atoms. The maximum absolute atomic E-state index is 12.8. The van der Waals surface area contributed by atoms with Gasteiger partial charge in [0, 0.05) is 12.2 Å². The Labute approximate surface area is 155 Å². The number of fused-ring (bicyclic) bond motifs is 1. The summed E-state index contributed by atoms with van der Waals surface area (Å²) in [4.78, 5) is 55.5. The van der Waals surface area contributed by atoms with Gasteiger partial charge >= 0.3 is 11.7 Å². The lowest BCUT2D eigenvalue weighted by Gasteiger charge is -2.22. The average molecular weight is 376 g/mol. The number of hydrogen-bond acceptors (Lipinski definition) is 5. The summed E-state index contributed by atoms with van der Waals surface area (Å²) in [5.41, 5.74) is -2.23. The minimum Gasteiger partial charge on any atom is -0.480 e. The van der Waals surface area contributed by atoms with Gasteiger partial charge in [0.1, 0.15) is 5.54 Å². The summed E-state index contributed by atoms with van der Waals surface area (Å²) in [6.07, 6.45) is 0.627. The van der Waals surface area contributed by atoms with Crippen LogP contribution in [-0.4, -0.2) is 37.1 Å². The maximum atomic E-state index is 12.8. The first-order chi connectivity index (χ1) is 12.5. The molecule has 0 aliphatic heterocycles. The molecule has 1 amide bonds. The van der Waals surface area contributed by atoms with Crippen molar-refractivity contribution in [1.82, 2.24) is 19.9 Å². The highest BCUT2D eigenvalue weighted by atomic mass is 16.4. The van der Waals surface area contributed by atoms with Gasteiger partial charge in [-0.25, -0.2) is 14.6 Å². The molecule has 2 rings (SSSR count). The minimum absolute atomic E-state index is 0.0101. The molecule has 2 aromatic rings. The maximum Gasteiger partial charge on any atom is 0.329 e. The number of nitrogens with one attached hydrogen (secondary N) is 2. The van der Waals surface area contributed by atoms with E-state index in [9.17, 15) is 24.3 Å². The third kappa shape index (κ3) is 3.91. The number of carbonyl (C=O) groups is 2. The molecule has 0 unspecified atom stereocenters. The molecule has 0 saturated carbocycles. The lowest BCUT2D eigenvalue weighted by Crippen LogP contribution is -2.50. The number of hydrogen-bond donors (Lipinski definition) is 3. The van der Waals surface area contributed by atoms with Crippen LogP contribution in [0, 0.1) is 0 Å². The fourth-order valence-corrected chi connectivity index (χ4v) is 2.60. The summed E-state index contributed by atoms with van der Waals surface area (Å²) in [6, 6.07) is 1.47. The van der Waals surface area contributed by atoms with Crippen molar-refractivity contribution < 1.29 is 14.7 Å². The van der Waals surface area contributed by atoms with E-state index in [0.717, 1.165) is 0 Å². The van der Waals surface area contributed by atoms with Crippen molar-refractivity contribution in [3.8, 4) is 0 Å². The summed E-state index contributed by atoms with van der Waals surface area (Å²) in [5.74, 6) is -2.00. The van der Waals surface area contributed by atoms with Gasteiger partial charge in [0.05, 0.1) is 10.9 Å². The molecule has 0 saturated heterocycles. The number of carboxylic acids is 1. The Balaban J connectivity index is 2.84. The van der Waals surface area contributed by atoms with Crippen LogP contribution in [0.1, 0.15) is 63.0 Å². The molecule has 27 heavy (non-hydrogen) atoms. The van der Waals surface area contributed by atoms with E-state index < -0.39 is 28.7 Å². The molecule has 0 aliphatic carbocycles. The van der Waals surface area contributed by atoms with Crippen LogP contribution in [0.5, 0.6) is 0 Å². The fourth-order valence-electron chi connectivity index (χ4n) is 2.60. The quantitative estimate of drug-likeness (QED) is 0.694. The summed E-state index contributed by atoms with van der Waals surface area (Å²) in [7, 11) is 0. The van der Waals surface area contributed by atoms with E-state index >= 15 is 0 Å². The van der Waals surface area contributed by atoms with Crippen LogP contribution >= 0.6 is 0 Å². The van der Waals surface area contributed by atoms with Gasteiger partial charge in [-0.1, -0.05) is 20.8 Å². The second-order valence-electron chi connectivity index (χ2n) is 7.24. The second kappa shape index (κ2) is 7.34. The number of rotatable bonds is 6. The molecular weight excluding hydrogens is 352 g/mol. The van der Waals surface area contributed by atoms with Crippen molar-refractivity contribution in [1.29, 1.82) is 0 Å². The number of amides is 1. The van der Waals surface area contributed by atoms with E-state index in [2.05, 4.69) is 15.3 Å². The zero-order valence-electron chi connectivity index (χ0n) is 16.0. The van der Waals surface area contributed by atoms with Gasteiger partial charge in [0.15, 0.2) is 5.65 Å². The zero-order chi connectivity index (χ0) is 20.5. The second-order valence-corrected chi connectivity index (χ2v) is 7.24. The van der Waals surface area contributed by atoms with E-state index in [1.165, 1.54) is 24.5 Å². The van der Waals surface area contributed by atoms with Crippen molar-refractivity contribution in [2.45, 2.75) is 59.0 Å². The van der Waals surface area contributed by atoms with Gasteiger partial charge in [-0.3, -0.25) is 19.1 Å². The first kappa shape index (κ1) is 20.3. The Morgan fingerprint density at radius 2 is 1.96 bits per heavy atom. The van der Waals surface area contributed by atoms with Crippen LogP contribution in [0.4, 0.5) is 0 Å². The minimum atomic E-state index is -1.53. The van der Waals surface area contributed by atoms with E-state index in [1.54, 1.807) is 0 Å². The number of H-pyrrole nitrogens is 1. The Bertz CT molecular complexity index is 1020. The molecule has 0 radical (unpaired) electrons. The van der Waals surface area contributed by atoms with Crippen LogP contribution in [0.15, 0.2) is 15.7 Å². The van der Waals surface area contributed by atoms with Crippen molar-refractivity contribution in [3.63, 3.8) is 0 Å². The van der Waals surface area contributed by atoms with Crippen molar-refractivity contribution in [2.75, 3.05) is 0 Å². The summed E-state index contributed by atoms with van der Waals surface area (Å²) < 4.78 is 1.32. The van der Waals surface area contributed by atoms with Crippen molar-refractivity contribution >= 4 is 22.9 Å². The lowest BCUT2D eigenvalue weighted by molar-refractivity contribution is -0.143. The van der Waals surface area contributed by atoms with E-state index in [1.807, 2.05) is 20.8 Å². The zero-order valence-corrected chi connectivity index (χ0v) is 16.0. The van der Waals surface area contributed by atoms with Crippen LogP contribution in [0.2, 0.25) is 0 Å². The van der Waals surface area contributed by atoms with Crippen molar-refractivity contribution in [2.24, 2.45) is 0 Å². The summed E-state index contributed by atoms with van der Waals surface area (Å²) in [5, 5.41) is 11.6. The van der Waals surface area contributed by atoms with Gasteiger partial charge in [0.25, 0.3) is 11.5 Å². The van der Waals surface area contributed by atoms with Gasteiger partial charge in [0.2, 0.25) is 0 Å². The van der Waals surface area contributed by atoms with E-state index in [0.29, 0.717) is 18.7 Å². The molecule has 146 valence electrons. The number of nitrogens with zero attached hydrogens (tertiary/aromatic N) is 2. The van der Waals surface area contributed by atoms with Crippen LogP contribution < -0.4 is 16.6 Å². The lowest BCUT2D eigenvalue weighted by atomic mass is 10.0. The third-order valence-electron chi connectivity index (χ3n) is 4.21. The first-order valence-electron chi connectivity index (χ1n) is 8.73. The largest absolute Gasteiger partial charge is 0.480 e. The number of pyridine rings is 1. The van der Waals surface area contributed by atoms with Crippen LogP contribution in [0.25, 0.3) is 11.0 Å². The predicted octanol–water partition coefficient (Wildman–Crippen LogP) is 1.21. The van der Waals surface area contributed by atoms with E-state index in [4.69, 9.17) is 0 Å². The number of carboxylic acid groups (broad SMARTS) is 1. The Morgan fingerprint density at radius 3 is 2.48 bits per heavy atom. The highest BCUT2D eigenvalue weighted by Gasteiger charge is 2.31. The molecule has 2 heterocycles. The number of carbonyl (C=O) groups excluding carboxylic acids is 1. The topological polar surface area (TPSA) is 134 Å². The molecule has 0 spiro atoms. The van der Waals surface area contributed by atoms with Gasteiger partial charge in [-0.2, -0.15) is 0 Å². The molecule has 0 aromatic carbocycles. The average Bonchev–Trinajstić information content (AvgIpc) is 2.56. The van der Waals surface area contributed by atoms with Crippen LogP contribution in [0.3, 0.4) is 0 Å². The summed E-state index contributed by atoms with van der Waals surface area (Å²) >= 11 is 0. The smallest absolute Gasteiger partial charge is 0.329 e. The van der Waals surface area contributed by atoms with Gasteiger partial charge < -0.3 is 10.4 Å². The molecule has 9 nitrogen and oxygen atoms in total. The Kier molecular flexibility index (Phi) is 5.53. The molecule has 0 aliphatic rings. The number of aliphatic carboxylic acids is 1. The van der Waals surface area contributed by atoms with E-state index in [-0.39, 0.29) is 22.5 Å². The van der Waals surface area contributed by atoms with Gasteiger partial charge in [-0.05, 0) is 32.3 Å². The molecule has 9 heteroatoms. The standard InChI is InChI=1S/C18H24N4O5/c1-6-7-22-13-12(15(24)20-17(22)27)10(8-11(19-13)9(2)3)14(23)21-18(4,5)16(25)26/h8-9H,6-7H2,1-5H3,(H,21,23)(H,25,26)(H,20,24,27). The van der Waals surface area contributed by atoms with Gasteiger partial charge in [-0.15, -0.1) is 0 Å². The number of aryl methyl sites for hydroxylation is 1. The normalized spacial score (nSPS) is 11.8. The van der Waals surface area contributed by atoms with Crippen molar-refractivity contribution in [3.05, 3.63) is 38.2 Å². The number of aromatic amines is 1. The molecule has 2 aromatic heterocycles. The highest BCUT2D eigenvalue weighted by molar-refractivity contribution is 6.06. The van der Waals surface area contributed by atoms with Crippen LogP contribution in [-0.2, 0) is 11.3 Å². The highest BCUT2D eigenvalue weighted by Crippen LogP contribution is 2.20. The molecule has 0 atom stereocenters. The molecule has 0 fully saturated rings. The molecule has 3 N–H and O–H groups in total. The molecular formula is C18H24N4O5. The third-order valence-corrected chi connectivity index (χ3v) is 4.21. The Morgan fingerprint density at radius 1 is 1.33 bits per heavy atom. The fraction of sp³-hybridized carbons (Fsp3) is 0.500. The summed E-state index contributed by atoms with van der Waals surface area (Å²) in [6.45, 7) is 8.62. The number of aromatic nitrogens is 3. The Hall–Kier alpha value is -2.97. The first-order valence-corrected chi connectivity index (χ1v) is 8.73. The SMILES string of the molecule is CCCn1c(=O)[nH]c(=O)c2c(C(=O)NC(C)(C)C(=O)O)cc(C(C)C)nc21. The predicted molar refractivity (Wildman–Crippen MR) is 100 cm³/mol.